The molecule has 0 aliphatic carbocycles. The molecule has 1 fully saturated rings. The van der Waals surface area contributed by atoms with Crippen molar-refractivity contribution in [1.29, 1.82) is 0 Å². The lowest BCUT2D eigenvalue weighted by Crippen LogP contribution is -2.33. The summed E-state index contributed by atoms with van der Waals surface area (Å²) in [6, 6.07) is 9.74. The molecule has 0 spiro atoms. The number of pyridine rings is 1. The van der Waals surface area contributed by atoms with Crippen LogP contribution in [0.15, 0.2) is 42.7 Å². The Morgan fingerprint density at radius 2 is 1.97 bits per heavy atom. The number of imidazole rings is 1. The number of carbonyl (C=O) groups is 1. The van der Waals surface area contributed by atoms with Gasteiger partial charge >= 0.3 is 5.97 Å². The number of rotatable bonds is 5. The number of piperidine rings is 1. The molecular weight excluding hydrogens is 412 g/mol. The van der Waals surface area contributed by atoms with Crippen molar-refractivity contribution in [3.8, 4) is 11.5 Å². The fourth-order valence-electron chi connectivity index (χ4n) is 4.28. The predicted molar refractivity (Wildman–Crippen MR) is 121 cm³/mol. The van der Waals surface area contributed by atoms with E-state index in [1.807, 2.05) is 19.3 Å². The summed E-state index contributed by atoms with van der Waals surface area (Å²) in [7, 11) is 3.36. The Morgan fingerprint density at radius 3 is 2.68 bits per heavy atom. The SMILES string of the molecule is COC(=O)c1ccnc(-c2ncc(CN3CCC(c4cc(C)cc(Cl)c4)CC3)n2C)c1. The number of esters is 1. The summed E-state index contributed by atoms with van der Waals surface area (Å²) in [6.07, 6.45) is 5.74. The molecule has 0 radical (unpaired) electrons. The maximum atomic E-state index is 11.8. The lowest BCUT2D eigenvalue weighted by Gasteiger charge is -2.32. The lowest BCUT2D eigenvalue weighted by atomic mass is 9.88. The molecule has 7 heteroatoms. The minimum absolute atomic E-state index is 0.379. The van der Waals surface area contributed by atoms with Crippen molar-refractivity contribution in [1.82, 2.24) is 19.4 Å². The van der Waals surface area contributed by atoms with Crippen LogP contribution in [0, 0.1) is 6.92 Å². The zero-order valence-corrected chi connectivity index (χ0v) is 18.9. The largest absolute Gasteiger partial charge is 0.465 e. The van der Waals surface area contributed by atoms with Crippen LogP contribution >= 0.6 is 11.6 Å². The van der Waals surface area contributed by atoms with Crippen LogP contribution in [0.5, 0.6) is 0 Å². The fourth-order valence-corrected chi connectivity index (χ4v) is 4.58. The van der Waals surface area contributed by atoms with Crippen molar-refractivity contribution in [2.75, 3.05) is 20.2 Å². The summed E-state index contributed by atoms with van der Waals surface area (Å²) < 4.78 is 6.86. The van der Waals surface area contributed by atoms with Gasteiger partial charge < -0.3 is 9.30 Å². The van der Waals surface area contributed by atoms with E-state index < -0.39 is 0 Å². The highest BCUT2D eigenvalue weighted by Gasteiger charge is 2.22. The van der Waals surface area contributed by atoms with Crippen LogP contribution in [-0.2, 0) is 18.3 Å². The Morgan fingerprint density at radius 1 is 1.19 bits per heavy atom. The zero-order chi connectivity index (χ0) is 22.0. The monoisotopic (exact) mass is 438 g/mol. The van der Waals surface area contributed by atoms with Gasteiger partial charge in [0.15, 0.2) is 5.82 Å². The van der Waals surface area contributed by atoms with Gasteiger partial charge in [-0.2, -0.15) is 0 Å². The van der Waals surface area contributed by atoms with E-state index in [9.17, 15) is 4.79 Å². The van der Waals surface area contributed by atoms with Gasteiger partial charge in [0.25, 0.3) is 0 Å². The van der Waals surface area contributed by atoms with Crippen molar-refractivity contribution in [3.63, 3.8) is 0 Å². The van der Waals surface area contributed by atoms with Gasteiger partial charge in [0, 0.05) is 24.8 Å². The molecular formula is C24H27ClN4O2. The van der Waals surface area contributed by atoms with Gasteiger partial charge in [-0.3, -0.25) is 9.88 Å². The molecule has 0 saturated carbocycles. The number of likely N-dealkylation sites (tertiary alicyclic amines) is 1. The van der Waals surface area contributed by atoms with Crippen molar-refractivity contribution < 1.29 is 9.53 Å². The second kappa shape index (κ2) is 9.20. The number of halogens is 1. The molecule has 0 amide bonds. The third kappa shape index (κ3) is 4.81. The summed E-state index contributed by atoms with van der Waals surface area (Å²) in [4.78, 5) is 23.2. The Kier molecular flexibility index (Phi) is 6.39. The molecule has 1 aliphatic heterocycles. The van der Waals surface area contributed by atoms with Crippen LogP contribution < -0.4 is 0 Å². The summed E-state index contributed by atoms with van der Waals surface area (Å²) in [6.45, 7) is 5.00. The minimum atomic E-state index is -0.379. The number of aromatic nitrogens is 3. The molecule has 2 aromatic heterocycles. The van der Waals surface area contributed by atoms with E-state index in [4.69, 9.17) is 16.3 Å². The number of nitrogens with zero attached hydrogens (tertiary/aromatic N) is 4. The average molecular weight is 439 g/mol. The zero-order valence-electron chi connectivity index (χ0n) is 18.1. The molecule has 31 heavy (non-hydrogen) atoms. The Balaban J connectivity index is 1.42. The normalized spacial score (nSPS) is 15.2. The van der Waals surface area contributed by atoms with Gasteiger partial charge in [0.2, 0.25) is 0 Å². The molecule has 3 heterocycles. The number of benzene rings is 1. The van der Waals surface area contributed by atoms with E-state index >= 15 is 0 Å². The van der Waals surface area contributed by atoms with Crippen LogP contribution in [0.3, 0.4) is 0 Å². The molecule has 0 bridgehead atoms. The van der Waals surface area contributed by atoms with Crippen LogP contribution in [0.1, 0.15) is 45.9 Å². The minimum Gasteiger partial charge on any atom is -0.465 e. The predicted octanol–water partition coefficient (Wildman–Crippen LogP) is 4.61. The van der Waals surface area contributed by atoms with Crippen molar-refractivity contribution in [2.24, 2.45) is 7.05 Å². The first kappa shape index (κ1) is 21.5. The maximum absolute atomic E-state index is 11.8. The first-order valence-electron chi connectivity index (χ1n) is 10.5. The molecule has 0 N–H and O–H groups in total. The second-order valence-electron chi connectivity index (χ2n) is 8.17. The van der Waals surface area contributed by atoms with E-state index in [1.54, 1.807) is 18.3 Å². The molecule has 4 rings (SSSR count). The average Bonchev–Trinajstić information content (AvgIpc) is 3.13. The van der Waals surface area contributed by atoms with Crippen molar-refractivity contribution in [3.05, 3.63) is 70.1 Å². The van der Waals surface area contributed by atoms with Crippen LogP contribution in [-0.4, -0.2) is 45.6 Å². The summed E-state index contributed by atoms with van der Waals surface area (Å²) in [5.41, 5.74) is 4.82. The summed E-state index contributed by atoms with van der Waals surface area (Å²) in [5.74, 6) is 0.918. The quantitative estimate of drug-likeness (QED) is 0.544. The Bertz CT molecular complexity index is 1070. The van der Waals surface area contributed by atoms with E-state index in [0.29, 0.717) is 17.2 Å². The summed E-state index contributed by atoms with van der Waals surface area (Å²) in [5, 5.41) is 0.824. The molecule has 0 unspecified atom stereocenters. The maximum Gasteiger partial charge on any atom is 0.337 e. The molecule has 6 nitrogen and oxygen atoms in total. The van der Waals surface area contributed by atoms with E-state index in [2.05, 4.69) is 38.5 Å². The van der Waals surface area contributed by atoms with Crippen molar-refractivity contribution in [2.45, 2.75) is 32.2 Å². The summed E-state index contributed by atoms with van der Waals surface area (Å²) >= 11 is 6.26. The fraction of sp³-hybridized carbons (Fsp3) is 0.375. The number of carbonyl (C=O) groups excluding carboxylic acids is 1. The first-order chi connectivity index (χ1) is 14.9. The van der Waals surface area contributed by atoms with Crippen molar-refractivity contribution >= 4 is 17.6 Å². The van der Waals surface area contributed by atoms with Crippen LogP contribution in [0.25, 0.3) is 11.5 Å². The molecule has 3 aromatic rings. The van der Waals surface area contributed by atoms with E-state index in [1.165, 1.54) is 18.2 Å². The lowest BCUT2D eigenvalue weighted by molar-refractivity contribution is 0.0600. The Hall–Kier alpha value is -2.70. The van der Waals surface area contributed by atoms with Crippen LogP contribution in [0.4, 0.5) is 0 Å². The van der Waals surface area contributed by atoms with Gasteiger partial charge in [-0.25, -0.2) is 9.78 Å². The number of ether oxygens (including phenoxy) is 1. The number of hydrogen-bond donors (Lipinski definition) is 0. The highest BCUT2D eigenvalue weighted by molar-refractivity contribution is 6.30. The van der Waals surface area contributed by atoms with E-state index in [0.717, 1.165) is 49.0 Å². The number of hydrogen-bond acceptors (Lipinski definition) is 5. The Labute approximate surface area is 187 Å². The van der Waals surface area contributed by atoms with Gasteiger partial charge in [0.05, 0.1) is 24.6 Å². The van der Waals surface area contributed by atoms with E-state index in [-0.39, 0.29) is 5.97 Å². The second-order valence-corrected chi connectivity index (χ2v) is 8.60. The molecule has 0 atom stereocenters. The third-order valence-electron chi connectivity index (χ3n) is 6.00. The molecule has 1 saturated heterocycles. The number of methoxy groups -OCH3 is 1. The van der Waals surface area contributed by atoms with Gasteiger partial charge in [-0.1, -0.05) is 17.7 Å². The molecule has 1 aliphatic rings. The topological polar surface area (TPSA) is 60.2 Å². The van der Waals surface area contributed by atoms with Gasteiger partial charge in [-0.05, 0) is 74.2 Å². The third-order valence-corrected chi connectivity index (χ3v) is 6.22. The molecule has 162 valence electrons. The highest BCUT2D eigenvalue weighted by Crippen LogP contribution is 2.31. The smallest absolute Gasteiger partial charge is 0.337 e. The standard InChI is InChI=1S/C24H27ClN4O2/c1-16-10-19(12-20(25)11-16)17-5-8-29(9-6-17)15-21-14-27-23(28(21)2)22-13-18(4-7-26-22)24(30)31-3/h4,7,10-14,17H,5-6,8-9,15H2,1-3H3. The van der Waals surface area contributed by atoms with Crippen LogP contribution in [0.2, 0.25) is 5.02 Å². The first-order valence-corrected chi connectivity index (χ1v) is 10.9. The van der Waals surface area contributed by atoms with Gasteiger partial charge in [-0.15, -0.1) is 0 Å². The highest BCUT2D eigenvalue weighted by atomic mass is 35.5. The number of aryl methyl sites for hydroxylation is 1. The molecule has 1 aromatic carbocycles. The van der Waals surface area contributed by atoms with Gasteiger partial charge in [0.1, 0.15) is 5.69 Å².